The van der Waals surface area contributed by atoms with Gasteiger partial charge in [-0.05, 0) is 24.5 Å². The van der Waals surface area contributed by atoms with E-state index >= 15 is 0 Å². The van der Waals surface area contributed by atoms with Crippen LogP contribution >= 0.6 is 0 Å². The number of nitrogens with zero attached hydrogens (tertiary/aromatic N) is 3. The molecule has 1 atom stereocenters. The summed E-state index contributed by atoms with van der Waals surface area (Å²) in [7, 11) is 0. The van der Waals surface area contributed by atoms with E-state index in [-0.39, 0.29) is 11.9 Å². The van der Waals surface area contributed by atoms with Crippen molar-refractivity contribution in [2.75, 3.05) is 6.54 Å². The van der Waals surface area contributed by atoms with Crippen LogP contribution < -0.4 is 10.6 Å². The van der Waals surface area contributed by atoms with Crippen LogP contribution in [0.5, 0.6) is 0 Å². The molecule has 2 heterocycles. The predicted octanol–water partition coefficient (Wildman–Crippen LogP) is 0.417. The lowest BCUT2D eigenvalue weighted by atomic mass is 9.95. The summed E-state index contributed by atoms with van der Waals surface area (Å²) in [5, 5.41) is 14.0. The third-order valence-corrected chi connectivity index (χ3v) is 3.86. The number of benzene rings is 1. The minimum absolute atomic E-state index is 0.0511. The molecule has 2 N–H and O–H groups in total. The highest BCUT2D eigenvalue weighted by molar-refractivity contribution is 5.82. The van der Waals surface area contributed by atoms with E-state index in [0.717, 1.165) is 18.8 Å². The number of aromatic nitrogens is 3. The second kappa shape index (κ2) is 6.05. The van der Waals surface area contributed by atoms with Gasteiger partial charge >= 0.3 is 0 Å². The first-order valence-corrected chi connectivity index (χ1v) is 7.16. The van der Waals surface area contributed by atoms with Crippen molar-refractivity contribution >= 4 is 5.91 Å². The lowest BCUT2D eigenvalue weighted by Crippen LogP contribution is -2.48. The topological polar surface area (TPSA) is 71.8 Å². The number of carbonyl (C=O) groups is 1. The molecule has 3 rings (SSSR count). The Labute approximate surface area is 123 Å². The van der Waals surface area contributed by atoms with Gasteiger partial charge in [-0.1, -0.05) is 24.3 Å². The summed E-state index contributed by atoms with van der Waals surface area (Å²) in [6.45, 7) is 3.92. The highest BCUT2D eigenvalue weighted by Gasteiger charge is 2.23. The molecule has 0 saturated heterocycles. The first kappa shape index (κ1) is 13.8. The molecule has 21 heavy (non-hydrogen) atoms. The number of nitrogens with one attached hydrogen (secondary N) is 2. The zero-order valence-electron chi connectivity index (χ0n) is 12.0. The number of aryl methyl sites for hydroxylation is 1. The standard InChI is InChI=1S/C15H19N5O/c1-11-19-18-10-20(11)7-6-16-15(21)14-8-12-4-2-3-5-13(12)9-17-14/h2-5,10,14,17H,6-9H2,1H3,(H,16,21)/t14-/m0/s1. The van der Waals surface area contributed by atoms with Gasteiger partial charge in [0.1, 0.15) is 12.2 Å². The Hall–Kier alpha value is -2.21. The fourth-order valence-electron chi connectivity index (χ4n) is 2.59. The molecule has 1 aliphatic rings. The molecule has 0 fully saturated rings. The van der Waals surface area contributed by atoms with E-state index in [0.29, 0.717) is 13.1 Å². The normalized spacial score (nSPS) is 17.3. The maximum Gasteiger partial charge on any atom is 0.237 e. The summed E-state index contributed by atoms with van der Waals surface area (Å²) < 4.78 is 1.92. The Morgan fingerprint density at radius 2 is 2.24 bits per heavy atom. The second-order valence-corrected chi connectivity index (χ2v) is 5.27. The van der Waals surface area contributed by atoms with Gasteiger partial charge < -0.3 is 15.2 Å². The zero-order valence-corrected chi connectivity index (χ0v) is 12.0. The molecule has 6 nitrogen and oxygen atoms in total. The van der Waals surface area contributed by atoms with Crippen molar-refractivity contribution in [2.45, 2.75) is 32.5 Å². The van der Waals surface area contributed by atoms with Crippen LogP contribution in [0.3, 0.4) is 0 Å². The Kier molecular flexibility index (Phi) is 3.96. The average molecular weight is 285 g/mol. The van der Waals surface area contributed by atoms with Gasteiger partial charge in [0.25, 0.3) is 0 Å². The predicted molar refractivity (Wildman–Crippen MR) is 78.5 cm³/mol. The van der Waals surface area contributed by atoms with Crippen LogP contribution in [0, 0.1) is 6.92 Å². The molecular weight excluding hydrogens is 266 g/mol. The van der Waals surface area contributed by atoms with Gasteiger partial charge in [-0.3, -0.25) is 4.79 Å². The largest absolute Gasteiger partial charge is 0.353 e. The van der Waals surface area contributed by atoms with E-state index in [4.69, 9.17) is 0 Å². The fraction of sp³-hybridized carbons (Fsp3) is 0.400. The van der Waals surface area contributed by atoms with Gasteiger partial charge in [0, 0.05) is 19.6 Å². The third-order valence-electron chi connectivity index (χ3n) is 3.86. The summed E-state index contributed by atoms with van der Waals surface area (Å²) >= 11 is 0. The van der Waals surface area contributed by atoms with Crippen LogP contribution in [0.15, 0.2) is 30.6 Å². The molecule has 0 saturated carbocycles. The van der Waals surface area contributed by atoms with Gasteiger partial charge in [0.05, 0.1) is 6.04 Å². The number of hydrogen-bond donors (Lipinski definition) is 2. The summed E-state index contributed by atoms with van der Waals surface area (Å²) in [6, 6.07) is 8.10. The summed E-state index contributed by atoms with van der Waals surface area (Å²) in [4.78, 5) is 12.2. The lowest BCUT2D eigenvalue weighted by molar-refractivity contribution is -0.123. The second-order valence-electron chi connectivity index (χ2n) is 5.27. The molecule has 1 aromatic heterocycles. The minimum Gasteiger partial charge on any atom is -0.353 e. The molecule has 0 spiro atoms. The van der Waals surface area contributed by atoms with E-state index in [1.54, 1.807) is 6.33 Å². The van der Waals surface area contributed by atoms with Gasteiger partial charge in [0.2, 0.25) is 5.91 Å². The van der Waals surface area contributed by atoms with Crippen molar-refractivity contribution in [2.24, 2.45) is 0 Å². The number of carbonyl (C=O) groups excluding carboxylic acids is 1. The van der Waals surface area contributed by atoms with Crippen LogP contribution in [0.25, 0.3) is 0 Å². The van der Waals surface area contributed by atoms with Gasteiger partial charge in [-0.2, -0.15) is 0 Å². The SMILES string of the molecule is Cc1nncn1CCNC(=O)[C@@H]1Cc2ccccc2CN1. The van der Waals surface area contributed by atoms with E-state index < -0.39 is 0 Å². The summed E-state index contributed by atoms with van der Waals surface area (Å²) in [5.74, 6) is 0.907. The van der Waals surface area contributed by atoms with Crippen molar-refractivity contribution in [3.05, 3.63) is 47.5 Å². The molecule has 6 heteroatoms. The Balaban J connectivity index is 1.52. The smallest absolute Gasteiger partial charge is 0.237 e. The van der Waals surface area contributed by atoms with E-state index in [1.165, 1.54) is 11.1 Å². The van der Waals surface area contributed by atoms with Crippen LogP contribution in [-0.2, 0) is 24.3 Å². The van der Waals surface area contributed by atoms with E-state index in [2.05, 4.69) is 33.0 Å². The number of hydrogen-bond acceptors (Lipinski definition) is 4. The van der Waals surface area contributed by atoms with E-state index in [9.17, 15) is 4.79 Å². The minimum atomic E-state index is -0.151. The molecule has 2 aromatic rings. The average Bonchev–Trinajstić information content (AvgIpc) is 2.92. The summed E-state index contributed by atoms with van der Waals surface area (Å²) in [5.41, 5.74) is 2.53. The molecule has 1 amide bonds. The highest BCUT2D eigenvalue weighted by Crippen LogP contribution is 2.16. The Morgan fingerprint density at radius 1 is 1.43 bits per heavy atom. The molecule has 110 valence electrons. The van der Waals surface area contributed by atoms with Crippen LogP contribution in [0.1, 0.15) is 17.0 Å². The van der Waals surface area contributed by atoms with Crippen molar-refractivity contribution in [3.63, 3.8) is 0 Å². The van der Waals surface area contributed by atoms with Crippen LogP contribution in [0.4, 0.5) is 0 Å². The van der Waals surface area contributed by atoms with Crippen molar-refractivity contribution in [1.29, 1.82) is 0 Å². The highest BCUT2D eigenvalue weighted by atomic mass is 16.2. The quantitative estimate of drug-likeness (QED) is 0.854. The van der Waals surface area contributed by atoms with Crippen LogP contribution in [0.2, 0.25) is 0 Å². The van der Waals surface area contributed by atoms with E-state index in [1.807, 2.05) is 23.6 Å². The monoisotopic (exact) mass is 285 g/mol. The van der Waals surface area contributed by atoms with Crippen molar-refractivity contribution in [1.82, 2.24) is 25.4 Å². The maximum absolute atomic E-state index is 12.2. The van der Waals surface area contributed by atoms with Crippen molar-refractivity contribution in [3.8, 4) is 0 Å². The number of rotatable bonds is 4. The number of amides is 1. The molecule has 0 bridgehead atoms. The third kappa shape index (κ3) is 3.11. The first-order chi connectivity index (χ1) is 10.2. The van der Waals surface area contributed by atoms with Gasteiger partial charge in [-0.25, -0.2) is 0 Å². The van der Waals surface area contributed by atoms with Gasteiger partial charge in [0.15, 0.2) is 0 Å². The molecular formula is C15H19N5O. The van der Waals surface area contributed by atoms with Crippen LogP contribution in [-0.4, -0.2) is 33.3 Å². The fourth-order valence-corrected chi connectivity index (χ4v) is 2.59. The zero-order chi connectivity index (χ0) is 14.7. The first-order valence-electron chi connectivity index (χ1n) is 7.16. The molecule has 0 aliphatic carbocycles. The molecule has 0 radical (unpaired) electrons. The lowest BCUT2D eigenvalue weighted by Gasteiger charge is -2.25. The molecule has 1 aromatic carbocycles. The Morgan fingerprint density at radius 3 is 3.00 bits per heavy atom. The molecule has 1 aliphatic heterocycles. The van der Waals surface area contributed by atoms with Crippen molar-refractivity contribution < 1.29 is 4.79 Å². The van der Waals surface area contributed by atoms with Gasteiger partial charge in [-0.15, -0.1) is 10.2 Å². The number of fused-ring (bicyclic) bond motifs is 1. The Bertz CT molecular complexity index is 636. The molecule has 0 unspecified atom stereocenters. The summed E-state index contributed by atoms with van der Waals surface area (Å²) in [6.07, 6.45) is 2.42. The maximum atomic E-state index is 12.2.